The number of aromatic nitrogens is 1. The average Bonchev–Trinajstić information content (AvgIpc) is 3.46. The summed E-state index contributed by atoms with van der Waals surface area (Å²) in [4.78, 5) is 31.4. The number of nitrogens with zero attached hydrogens (tertiary/aromatic N) is 1. The number of para-hydroxylation sites is 1. The molecule has 6 heteroatoms. The van der Waals surface area contributed by atoms with Gasteiger partial charge in [0.05, 0.1) is 24.5 Å². The van der Waals surface area contributed by atoms with Crippen LogP contribution in [0, 0.1) is 17.8 Å². The van der Waals surface area contributed by atoms with Crippen molar-refractivity contribution < 1.29 is 14.3 Å². The van der Waals surface area contributed by atoms with Crippen LogP contribution in [0.1, 0.15) is 25.8 Å². The Morgan fingerprint density at radius 3 is 3.03 bits per heavy atom. The standard InChI is InChI=1S/C24H29N3O3/c1-15(2)8-11-25-22(28)20-19-7-10-24(30-19)14-27(23(29)21(20)24)12-9-16-13-26-18-6-4-3-5-17(16)18/h3-7,10,13,15,19-21,26H,8-9,11-12,14H2,1-2H3,(H,25,28)/t19-,20-,21-,24+/m1/s1. The molecule has 2 fully saturated rings. The summed E-state index contributed by atoms with van der Waals surface area (Å²) in [5, 5.41) is 4.23. The molecule has 3 aliphatic rings. The maximum Gasteiger partial charge on any atom is 0.230 e. The second kappa shape index (κ2) is 7.27. The number of fused-ring (bicyclic) bond motifs is 2. The van der Waals surface area contributed by atoms with Gasteiger partial charge in [0.2, 0.25) is 11.8 Å². The molecule has 4 heterocycles. The fourth-order valence-electron chi connectivity index (χ4n) is 5.26. The van der Waals surface area contributed by atoms with Crippen LogP contribution in [-0.4, -0.2) is 53.0 Å². The van der Waals surface area contributed by atoms with E-state index in [9.17, 15) is 9.59 Å². The van der Waals surface area contributed by atoms with Gasteiger partial charge < -0.3 is 19.9 Å². The van der Waals surface area contributed by atoms with Crippen LogP contribution in [0.5, 0.6) is 0 Å². The molecule has 158 valence electrons. The molecule has 2 aromatic rings. The summed E-state index contributed by atoms with van der Waals surface area (Å²) in [6, 6.07) is 8.21. The maximum atomic E-state index is 13.3. The average molecular weight is 408 g/mol. The Hall–Kier alpha value is -2.60. The monoisotopic (exact) mass is 407 g/mol. The van der Waals surface area contributed by atoms with Crippen molar-refractivity contribution >= 4 is 22.7 Å². The van der Waals surface area contributed by atoms with E-state index in [1.807, 2.05) is 35.4 Å². The van der Waals surface area contributed by atoms with Gasteiger partial charge >= 0.3 is 0 Å². The first-order valence-corrected chi connectivity index (χ1v) is 11.0. The predicted octanol–water partition coefficient (Wildman–Crippen LogP) is 2.65. The Kier molecular flexibility index (Phi) is 4.69. The minimum absolute atomic E-state index is 0.0469. The van der Waals surface area contributed by atoms with Crippen molar-refractivity contribution in [1.29, 1.82) is 0 Å². The second-order valence-corrected chi connectivity index (χ2v) is 9.24. The first kappa shape index (κ1) is 19.4. The number of hydrogen-bond acceptors (Lipinski definition) is 3. The van der Waals surface area contributed by atoms with E-state index in [2.05, 4.69) is 36.3 Å². The molecule has 0 aliphatic carbocycles. The molecule has 1 aromatic carbocycles. The fourth-order valence-corrected chi connectivity index (χ4v) is 5.26. The number of likely N-dealkylation sites (tertiary alicyclic amines) is 1. The van der Waals surface area contributed by atoms with E-state index in [-0.39, 0.29) is 17.9 Å². The minimum atomic E-state index is -0.637. The number of benzene rings is 1. The molecule has 2 saturated heterocycles. The molecule has 2 bridgehead atoms. The normalized spacial score (nSPS) is 29.4. The van der Waals surface area contributed by atoms with Crippen LogP contribution in [0.2, 0.25) is 0 Å². The lowest BCUT2D eigenvalue weighted by Gasteiger charge is -2.23. The highest BCUT2D eigenvalue weighted by atomic mass is 16.5. The van der Waals surface area contributed by atoms with Crippen LogP contribution in [-0.2, 0) is 20.7 Å². The van der Waals surface area contributed by atoms with E-state index in [1.165, 1.54) is 10.9 Å². The van der Waals surface area contributed by atoms with Gasteiger partial charge in [0, 0.05) is 30.2 Å². The predicted molar refractivity (Wildman–Crippen MR) is 115 cm³/mol. The fraction of sp³-hybridized carbons (Fsp3) is 0.500. The van der Waals surface area contributed by atoms with Crippen LogP contribution < -0.4 is 5.32 Å². The summed E-state index contributed by atoms with van der Waals surface area (Å²) in [6.45, 7) is 6.07. The molecule has 2 N–H and O–H groups in total. The highest BCUT2D eigenvalue weighted by Gasteiger charge is 2.66. The molecule has 4 atom stereocenters. The van der Waals surface area contributed by atoms with E-state index in [0.29, 0.717) is 25.6 Å². The largest absolute Gasteiger partial charge is 0.361 e. The van der Waals surface area contributed by atoms with Crippen molar-refractivity contribution in [3.63, 3.8) is 0 Å². The number of H-pyrrole nitrogens is 1. The molecular formula is C24H29N3O3. The smallest absolute Gasteiger partial charge is 0.230 e. The Bertz CT molecular complexity index is 1010. The molecule has 2 amide bonds. The third-order valence-corrected chi connectivity index (χ3v) is 6.83. The maximum absolute atomic E-state index is 13.3. The Labute approximate surface area is 176 Å². The van der Waals surface area contributed by atoms with E-state index >= 15 is 0 Å². The van der Waals surface area contributed by atoms with Gasteiger partial charge in [0.15, 0.2) is 0 Å². The molecular weight excluding hydrogens is 378 g/mol. The highest BCUT2D eigenvalue weighted by molar-refractivity contribution is 5.93. The highest BCUT2D eigenvalue weighted by Crippen LogP contribution is 2.51. The van der Waals surface area contributed by atoms with Crippen LogP contribution in [0.4, 0.5) is 0 Å². The van der Waals surface area contributed by atoms with Crippen molar-refractivity contribution in [3.05, 3.63) is 48.2 Å². The molecule has 0 radical (unpaired) electrons. The molecule has 1 aromatic heterocycles. The molecule has 5 rings (SSSR count). The Morgan fingerprint density at radius 2 is 2.20 bits per heavy atom. The number of carbonyl (C=O) groups is 2. The molecule has 0 saturated carbocycles. The van der Waals surface area contributed by atoms with Crippen molar-refractivity contribution in [2.24, 2.45) is 17.8 Å². The number of aromatic amines is 1. The van der Waals surface area contributed by atoms with E-state index < -0.39 is 17.4 Å². The summed E-state index contributed by atoms with van der Waals surface area (Å²) < 4.78 is 6.21. The summed E-state index contributed by atoms with van der Waals surface area (Å²) in [5.41, 5.74) is 1.68. The number of amides is 2. The van der Waals surface area contributed by atoms with E-state index in [1.54, 1.807) is 0 Å². The van der Waals surface area contributed by atoms with E-state index in [4.69, 9.17) is 4.74 Å². The Morgan fingerprint density at radius 1 is 1.37 bits per heavy atom. The number of carbonyl (C=O) groups excluding carboxylic acids is 2. The van der Waals surface area contributed by atoms with Crippen molar-refractivity contribution in [1.82, 2.24) is 15.2 Å². The lowest BCUT2D eigenvalue weighted by atomic mass is 9.77. The topological polar surface area (TPSA) is 74.4 Å². The number of hydrogen-bond donors (Lipinski definition) is 2. The summed E-state index contributed by atoms with van der Waals surface area (Å²) in [6.07, 6.45) is 7.44. The SMILES string of the molecule is CC(C)CCNC(=O)[C@@H]1[C@H]2C=C[C@@]3(CN(CCc4c[nH]c5ccccc45)C(=O)[C@@H]13)O2. The second-order valence-electron chi connectivity index (χ2n) is 9.24. The molecule has 1 spiro atoms. The van der Waals surface area contributed by atoms with E-state index in [0.717, 1.165) is 18.4 Å². The summed E-state index contributed by atoms with van der Waals surface area (Å²) >= 11 is 0. The van der Waals surface area contributed by atoms with Gasteiger partial charge in [-0.15, -0.1) is 0 Å². The van der Waals surface area contributed by atoms with Gasteiger partial charge in [0.25, 0.3) is 0 Å². The lowest BCUT2D eigenvalue weighted by molar-refractivity contribution is -0.137. The third kappa shape index (κ3) is 3.05. The zero-order valence-corrected chi connectivity index (χ0v) is 17.6. The molecule has 3 aliphatic heterocycles. The van der Waals surface area contributed by atoms with Crippen LogP contribution in [0.3, 0.4) is 0 Å². The van der Waals surface area contributed by atoms with Gasteiger partial charge in [-0.05, 0) is 30.4 Å². The summed E-state index contributed by atoms with van der Waals surface area (Å²) in [7, 11) is 0. The quantitative estimate of drug-likeness (QED) is 0.693. The lowest BCUT2D eigenvalue weighted by Crippen LogP contribution is -2.44. The van der Waals surface area contributed by atoms with Crippen molar-refractivity contribution in [2.75, 3.05) is 19.6 Å². The molecule has 30 heavy (non-hydrogen) atoms. The first-order chi connectivity index (χ1) is 14.5. The minimum Gasteiger partial charge on any atom is -0.361 e. The van der Waals surface area contributed by atoms with Crippen LogP contribution >= 0.6 is 0 Å². The number of ether oxygens (including phenoxy) is 1. The van der Waals surface area contributed by atoms with Crippen molar-refractivity contribution in [2.45, 2.75) is 38.4 Å². The molecule has 6 nitrogen and oxygen atoms in total. The van der Waals surface area contributed by atoms with Gasteiger partial charge in [-0.2, -0.15) is 0 Å². The Balaban J connectivity index is 1.29. The van der Waals surface area contributed by atoms with Gasteiger partial charge in [-0.1, -0.05) is 44.2 Å². The summed E-state index contributed by atoms with van der Waals surface area (Å²) in [5.74, 6) is -0.308. The number of nitrogens with one attached hydrogen (secondary N) is 2. The first-order valence-electron chi connectivity index (χ1n) is 11.0. The molecule has 0 unspecified atom stereocenters. The van der Waals surface area contributed by atoms with Crippen LogP contribution in [0.15, 0.2) is 42.6 Å². The van der Waals surface area contributed by atoms with Gasteiger partial charge in [0.1, 0.15) is 5.60 Å². The van der Waals surface area contributed by atoms with Crippen LogP contribution in [0.25, 0.3) is 10.9 Å². The van der Waals surface area contributed by atoms with Gasteiger partial charge in [-0.3, -0.25) is 9.59 Å². The van der Waals surface area contributed by atoms with Crippen molar-refractivity contribution in [3.8, 4) is 0 Å². The zero-order valence-electron chi connectivity index (χ0n) is 17.6. The zero-order chi connectivity index (χ0) is 20.9. The van der Waals surface area contributed by atoms with Gasteiger partial charge in [-0.25, -0.2) is 0 Å². The third-order valence-electron chi connectivity index (χ3n) is 6.83. The number of rotatable bonds is 7.